The van der Waals surface area contributed by atoms with E-state index < -0.39 is 0 Å². The number of aromatic amines is 2. The van der Waals surface area contributed by atoms with Crippen LogP contribution in [0, 0.1) is 0 Å². The van der Waals surface area contributed by atoms with Crippen molar-refractivity contribution in [2.24, 2.45) is 0 Å². The van der Waals surface area contributed by atoms with E-state index in [1.807, 2.05) is 24.5 Å². The molecule has 4 rings (SSSR count). The van der Waals surface area contributed by atoms with E-state index in [9.17, 15) is 0 Å². The predicted molar refractivity (Wildman–Crippen MR) is 76.6 cm³/mol. The molecule has 0 aliphatic rings. The van der Waals surface area contributed by atoms with Crippen LogP contribution in [-0.2, 0) is 0 Å². The zero-order valence-electron chi connectivity index (χ0n) is 9.93. The number of benzene rings is 2. The maximum atomic E-state index is 3.38. The zero-order valence-corrected chi connectivity index (χ0v) is 9.93. The number of hydrogen-bond acceptors (Lipinski definition) is 0. The normalized spacial score (nSPS) is 10.2. The monoisotopic (exact) mass is 234 g/mol. The molecule has 18 heavy (non-hydrogen) atoms. The molecule has 0 atom stereocenters. The molecule has 2 nitrogen and oxygen atoms in total. The molecular weight excluding hydrogens is 220 g/mol. The van der Waals surface area contributed by atoms with Crippen LogP contribution in [0.1, 0.15) is 0 Å². The smallest absolute Gasteiger partial charge is 0.0464 e. The predicted octanol–water partition coefficient (Wildman–Crippen LogP) is 4.34. The topological polar surface area (TPSA) is 31.6 Å². The first kappa shape index (κ1) is 10.7. The third-order valence-corrected chi connectivity index (χ3v) is 2.91. The van der Waals surface area contributed by atoms with E-state index in [0.717, 1.165) is 0 Å². The van der Waals surface area contributed by atoms with Crippen LogP contribution in [0.25, 0.3) is 21.8 Å². The van der Waals surface area contributed by atoms with Gasteiger partial charge in [-0.2, -0.15) is 0 Å². The highest BCUT2D eigenvalue weighted by atomic mass is 14.7. The lowest BCUT2D eigenvalue weighted by Crippen LogP contribution is -1.62. The van der Waals surface area contributed by atoms with Crippen LogP contribution in [0.4, 0.5) is 0 Å². The molecule has 0 bridgehead atoms. The minimum Gasteiger partial charge on any atom is -0.368 e. The Balaban J connectivity index is 0.000000169. The molecule has 2 aromatic heterocycles. The van der Waals surface area contributed by atoms with Crippen LogP contribution in [-0.4, -0.2) is 9.97 Å². The van der Waals surface area contributed by atoms with Crippen LogP contribution >= 0.6 is 0 Å². The number of rotatable bonds is 0. The summed E-state index contributed by atoms with van der Waals surface area (Å²) < 4.78 is 0. The summed E-state index contributed by atoms with van der Waals surface area (Å²) in [5.41, 5.74) is 2.42. The fourth-order valence-electron chi connectivity index (χ4n) is 2.08. The molecule has 4 aromatic rings. The molecule has 2 N–H and O–H groups in total. The van der Waals surface area contributed by atoms with Gasteiger partial charge in [-0.3, -0.25) is 0 Å². The second-order valence-corrected chi connectivity index (χ2v) is 4.10. The molecule has 0 aliphatic heterocycles. The first-order chi connectivity index (χ1) is 8.95. The van der Waals surface area contributed by atoms with E-state index in [2.05, 4.69) is 58.5 Å². The average Bonchev–Trinajstić information content (AvgIpc) is 3.10. The number of H-pyrrole nitrogens is 2. The Bertz CT molecular complexity index is 668. The lowest BCUT2D eigenvalue weighted by Gasteiger charge is -1.87. The van der Waals surface area contributed by atoms with Crippen molar-refractivity contribution in [3.63, 3.8) is 0 Å². The second-order valence-electron chi connectivity index (χ2n) is 4.10. The largest absolute Gasteiger partial charge is 0.368 e. The molecular formula is C16H14N2. The molecule has 0 saturated carbocycles. The zero-order chi connectivity index (χ0) is 12.2. The molecule has 0 saturated heterocycles. The average molecular weight is 234 g/mol. The van der Waals surface area contributed by atoms with E-state index in [4.69, 9.17) is 0 Å². The van der Waals surface area contributed by atoms with E-state index >= 15 is 0 Å². The van der Waals surface area contributed by atoms with Gasteiger partial charge >= 0.3 is 0 Å². The molecule has 2 heterocycles. The van der Waals surface area contributed by atoms with Gasteiger partial charge in [-0.25, -0.2) is 0 Å². The third-order valence-electron chi connectivity index (χ3n) is 2.91. The summed E-state index contributed by atoms with van der Waals surface area (Å²) in [6.07, 6.45) is 3.75. The summed E-state index contributed by atoms with van der Waals surface area (Å²) in [6, 6.07) is 20.6. The minimum atomic E-state index is 1.21. The molecule has 0 unspecified atom stereocenters. The molecule has 2 heteroatoms. The Morgan fingerprint density at radius 1 is 0.556 bits per heavy atom. The third kappa shape index (κ3) is 2.00. The second kappa shape index (κ2) is 4.80. The van der Waals surface area contributed by atoms with Crippen molar-refractivity contribution < 1.29 is 0 Å². The highest BCUT2D eigenvalue weighted by Crippen LogP contribution is 2.24. The quantitative estimate of drug-likeness (QED) is 0.453. The molecule has 2 aromatic carbocycles. The van der Waals surface area contributed by atoms with Gasteiger partial charge in [0.25, 0.3) is 0 Å². The maximum absolute atomic E-state index is 3.38. The number of nitrogens with one attached hydrogen (secondary N) is 2. The van der Waals surface area contributed by atoms with Crippen molar-refractivity contribution in [3.05, 3.63) is 73.1 Å². The Morgan fingerprint density at radius 3 is 1.50 bits per heavy atom. The molecule has 0 fully saturated rings. The summed E-state index contributed by atoms with van der Waals surface area (Å²) in [5.74, 6) is 0. The summed E-state index contributed by atoms with van der Waals surface area (Å²) >= 11 is 0. The molecule has 0 aliphatic carbocycles. The van der Waals surface area contributed by atoms with E-state index in [1.165, 1.54) is 21.8 Å². The van der Waals surface area contributed by atoms with Crippen LogP contribution in [0.2, 0.25) is 0 Å². The number of aromatic nitrogens is 2. The van der Waals surface area contributed by atoms with Gasteiger partial charge in [-0.1, -0.05) is 36.4 Å². The Labute approximate surface area is 105 Å². The van der Waals surface area contributed by atoms with Crippen molar-refractivity contribution >= 4 is 21.8 Å². The SMILES string of the molecule is c1cc[nH]c1.c1ccc2c(c1)[nH]c1ccccc12. The number of fused-ring (bicyclic) bond motifs is 3. The fourth-order valence-corrected chi connectivity index (χ4v) is 2.08. The molecule has 88 valence electrons. The maximum Gasteiger partial charge on any atom is 0.0464 e. The molecule has 0 spiro atoms. The minimum absolute atomic E-state index is 1.21. The van der Waals surface area contributed by atoms with E-state index in [0.29, 0.717) is 0 Å². The van der Waals surface area contributed by atoms with Gasteiger partial charge < -0.3 is 9.97 Å². The van der Waals surface area contributed by atoms with Gasteiger partial charge in [0.05, 0.1) is 0 Å². The van der Waals surface area contributed by atoms with Gasteiger partial charge in [0, 0.05) is 34.2 Å². The standard InChI is InChI=1S/C12H9N.C4H5N/c1-3-7-11-9(5-1)10-6-2-4-8-12(10)13-11;1-2-4-5-3-1/h1-8,13H;1-5H. The van der Waals surface area contributed by atoms with Crippen LogP contribution in [0.3, 0.4) is 0 Å². The lowest BCUT2D eigenvalue weighted by atomic mass is 10.2. The van der Waals surface area contributed by atoms with Crippen molar-refractivity contribution in [3.8, 4) is 0 Å². The number of para-hydroxylation sites is 2. The van der Waals surface area contributed by atoms with Crippen LogP contribution in [0.5, 0.6) is 0 Å². The first-order valence-electron chi connectivity index (χ1n) is 5.98. The van der Waals surface area contributed by atoms with Gasteiger partial charge in [-0.15, -0.1) is 0 Å². The van der Waals surface area contributed by atoms with Gasteiger partial charge in [0.2, 0.25) is 0 Å². The Hall–Kier alpha value is -2.48. The number of hydrogen-bond donors (Lipinski definition) is 2. The summed E-state index contributed by atoms with van der Waals surface area (Å²) in [6.45, 7) is 0. The van der Waals surface area contributed by atoms with E-state index in [-0.39, 0.29) is 0 Å². The van der Waals surface area contributed by atoms with E-state index in [1.54, 1.807) is 0 Å². The van der Waals surface area contributed by atoms with Crippen LogP contribution in [0.15, 0.2) is 73.1 Å². The Morgan fingerprint density at radius 2 is 1.06 bits per heavy atom. The lowest BCUT2D eigenvalue weighted by molar-refractivity contribution is 1.42. The van der Waals surface area contributed by atoms with Gasteiger partial charge in [0.15, 0.2) is 0 Å². The summed E-state index contributed by atoms with van der Waals surface area (Å²) in [4.78, 5) is 6.24. The van der Waals surface area contributed by atoms with Crippen molar-refractivity contribution in [1.82, 2.24) is 9.97 Å². The highest BCUT2D eigenvalue weighted by Gasteiger charge is 2.00. The summed E-state index contributed by atoms with van der Waals surface area (Å²) in [5, 5.41) is 2.61. The van der Waals surface area contributed by atoms with Crippen molar-refractivity contribution in [1.29, 1.82) is 0 Å². The first-order valence-corrected chi connectivity index (χ1v) is 5.98. The fraction of sp³-hybridized carbons (Fsp3) is 0. The highest BCUT2D eigenvalue weighted by molar-refractivity contribution is 6.06. The van der Waals surface area contributed by atoms with Crippen LogP contribution < -0.4 is 0 Å². The summed E-state index contributed by atoms with van der Waals surface area (Å²) in [7, 11) is 0. The van der Waals surface area contributed by atoms with Crippen molar-refractivity contribution in [2.45, 2.75) is 0 Å². The van der Waals surface area contributed by atoms with Gasteiger partial charge in [-0.05, 0) is 24.3 Å². The van der Waals surface area contributed by atoms with Crippen molar-refractivity contribution in [2.75, 3.05) is 0 Å². The Kier molecular flexibility index (Phi) is 2.84. The molecule has 0 amide bonds. The van der Waals surface area contributed by atoms with Gasteiger partial charge in [0.1, 0.15) is 0 Å². The molecule has 0 radical (unpaired) electrons.